The van der Waals surface area contributed by atoms with E-state index in [1.54, 1.807) is 30.3 Å². The van der Waals surface area contributed by atoms with Crippen molar-refractivity contribution >= 4 is 69.3 Å². The Labute approximate surface area is 227 Å². The van der Waals surface area contributed by atoms with Gasteiger partial charge in [0.25, 0.3) is 0 Å². The quantitative estimate of drug-likeness (QED) is 0.172. The number of rotatable bonds is 5. The second-order valence-electron chi connectivity index (χ2n) is 8.15. The molecule has 2 heterocycles. The molecule has 0 aliphatic carbocycles. The van der Waals surface area contributed by atoms with Crippen molar-refractivity contribution in [3.8, 4) is 22.8 Å². The first-order valence-electron chi connectivity index (χ1n) is 11.2. The van der Waals surface area contributed by atoms with Crippen molar-refractivity contribution in [1.29, 1.82) is 0 Å². The lowest BCUT2D eigenvalue weighted by atomic mass is 10.1. The zero-order chi connectivity index (χ0) is 25.9. The fourth-order valence-corrected chi connectivity index (χ4v) is 4.14. The van der Waals surface area contributed by atoms with Crippen molar-refractivity contribution < 1.29 is 13.6 Å². The number of aromatic nitrogens is 1. The molecular weight excluding hydrogens is 529 g/mol. The van der Waals surface area contributed by atoms with E-state index in [0.717, 1.165) is 16.7 Å². The number of hydrogen-bond acceptors (Lipinski definition) is 5. The van der Waals surface area contributed by atoms with E-state index in [1.165, 1.54) is 6.08 Å². The molecule has 0 atom stereocenters. The Morgan fingerprint density at radius 3 is 2.68 bits per heavy atom. The van der Waals surface area contributed by atoms with Crippen LogP contribution >= 0.6 is 35.4 Å². The maximum atomic E-state index is 12.4. The third-order valence-corrected chi connectivity index (χ3v) is 6.28. The number of furan rings is 1. The minimum atomic E-state index is -0.402. The van der Waals surface area contributed by atoms with Gasteiger partial charge in [-0.15, -0.1) is 0 Å². The first-order valence-corrected chi connectivity index (χ1v) is 12.3. The molecule has 5 rings (SSSR count). The average Bonchev–Trinajstić information content (AvgIpc) is 3.51. The predicted molar refractivity (Wildman–Crippen MR) is 152 cm³/mol. The van der Waals surface area contributed by atoms with Crippen LogP contribution in [-0.4, -0.2) is 16.0 Å². The molecule has 0 saturated heterocycles. The van der Waals surface area contributed by atoms with Gasteiger partial charge in [-0.05, 0) is 85.4 Å². The van der Waals surface area contributed by atoms with E-state index in [2.05, 4.69) is 15.6 Å². The van der Waals surface area contributed by atoms with E-state index in [9.17, 15) is 4.79 Å². The van der Waals surface area contributed by atoms with Gasteiger partial charge in [0.05, 0.1) is 0 Å². The van der Waals surface area contributed by atoms with E-state index in [1.807, 2.05) is 55.5 Å². The van der Waals surface area contributed by atoms with Crippen molar-refractivity contribution in [2.24, 2.45) is 0 Å². The van der Waals surface area contributed by atoms with Crippen LogP contribution in [-0.2, 0) is 4.79 Å². The van der Waals surface area contributed by atoms with E-state index in [-0.39, 0.29) is 5.11 Å². The van der Waals surface area contributed by atoms with Crippen LogP contribution in [0.25, 0.3) is 40.0 Å². The Hall–Kier alpha value is -3.91. The number of carbonyl (C=O) groups is 1. The normalized spacial score (nSPS) is 11.2. The predicted octanol–water partition coefficient (Wildman–Crippen LogP) is 7.90. The molecule has 0 spiro atoms. The summed E-state index contributed by atoms with van der Waals surface area (Å²) in [5.74, 6) is 1.22. The van der Waals surface area contributed by atoms with E-state index in [0.29, 0.717) is 44.2 Å². The number of benzene rings is 3. The van der Waals surface area contributed by atoms with Crippen molar-refractivity contribution in [2.45, 2.75) is 6.92 Å². The van der Waals surface area contributed by atoms with Crippen LogP contribution in [0.15, 0.2) is 87.7 Å². The Morgan fingerprint density at radius 1 is 0.973 bits per heavy atom. The van der Waals surface area contributed by atoms with Crippen LogP contribution in [0.4, 0.5) is 5.69 Å². The van der Waals surface area contributed by atoms with Crippen LogP contribution < -0.4 is 10.6 Å². The van der Waals surface area contributed by atoms with Gasteiger partial charge in [-0.2, -0.15) is 0 Å². The van der Waals surface area contributed by atoms with Crippen LogP contribution in [0, 0.1) is 6.92 Å². The lowest BCUT2D eigenvalue weighted by molar-refractivity contribution is -0.115. The lowest BCUT2D eigenvalue weighted by Gasteiger charge is -2.08. The molecule has 0 bridgehead atoms. The number of carbonyl (C=O) groups excluding carboxylic acids is 1. The van der Waals surface area contributed by atoms with Gasteiger partial charge in [-0.1, -0.05) is 41.4 Å². The van der Waals surface area contributed by atoms with Gasteiger partial charge >= 0.3 is 0 Å². The Bertz CT molecular complexity index is 1670. The largest absolute Gasteiger partial charge is 0.457 e. The van der Waals surface area contributed by atoms with Gasteiger partial charge in [0.2, 0.25) is 11.8 Å². The standard InChI is InChI=1S/C28H19Cl2N3O3S/c1-16-5-6-17(14-22(16)30)24-11-8-21(35-24)9-12-26(34)33-28(37)31-20-4-2-3-18(13-20)27-32-23-15-19(29)7-10-25(23)36-27/h2-15H,1H3,(H2,31,33,34,37)/b12-9+. The van der Waals surface area contributed by atoms with Crippen molar-refractivity contribution in [3.05, 3.63) is 100 Å². The Kier molecular flexibility index (Phi) is 7.10. The topological polar surface area (TPSA) is 80.3 Å². The highest BCUT2D eigenvalue weighted by Gasteiger charge is 2.11. The van der Waals surface area contributed by atoms with Crippen LogP contribution in [0.1, 0.15) is 11.3 Å². The minimum Gasteiger partial charge on any atom is -0.457 e. The highest BCUT2D eigenvalue weighted by atomic mass is 35.5. The smallest absolute Gasteiger partial charge is 0.250 e. The molecule has 1 amide bonds. The summed E-state index contributed by atoms with van der Waals surface area (Å²) in [5, 5.41) is 7.01. The third kappa shape index (κ3) is 5.91. The number of nitrogens with one attached hydrogen (secondary N) is 2. The fraction of sp³-hybridized carbons (Fsp3) is 0.0357. The SMILES string of the molecule is Cc1ccc(-c2ccc(/C=C/C(=O)NC(=S)Nc3cccc(-c4nc5cc(Cl)ccc5o4)c3)o2)cc1Cl. The maximum Gasteiger partial charge on any atom is 0.250 e. The fourth-order valence-electron chi connectivity index (χ4n) is 3.57. The summed E-state index contributed by atoms with van der Waals surface area (Å²) in [6.45, 7) is 1.94. The van der Waals surface area contributed by atoms with Crippen LogP contribution in [0.5, 0.6) is 0 Å². The third-order valence-electron chi connectivity index (χ3n) is 5.44. The lowest BCUT2D eigenvalue weighted by Crippen LogP contribution is -2.32. The maximum absolute atomic E-state index is 12.4. The molecule has 6 nitrogen and oxygen atoms in total. The molecule has 3 aromatic carbocycles. The number of aryl methyl sites for hydroxylation is 1. The summed E-state index contributed by atoms with van der Waals surface area (Å²) in [5.41, 5.74) is 4.56. The molecule has 2 aromatic heterocycles. The van der Waals surface area contributed by atoms with Gasteiger partial charge in [0.15, 0.2) is 10.7 Å². The molecule has 0 aliphatic heterocycles. The van der Waals surface area contributed by atoms with E-state index < -0.39 is 5.91 Å². The molecular formula is C28H19Cl2N3O3S. The summed E-state index contributed by atoms with van der Waals surface area (Å²) in [7, 11) is 0. The summed E-state index contributed by atoms with van der Waals surface area (Å²) < 4.78 is 11.6. The molecule has 0 saturated carbocycles. The Balaban J connectivity index is 1.20. The molecule has 184 valence electrons. The number of anilines is 1. The number of fused-ring (bicyclic) bond motifs is 1. The number of hydrogen-bond donors (Lipinski definition) is 2. The van der Waals surface area contributed by atoms with Gasteiger partial charge < -0.3 is 14.2 Å². The highest BCUT2D eigenvalue weighted by molar-refractivity contribution is 7.80. The first-order chi connectivity index (χ1) is 17.8. The second-order valence-corrected chi connectivity index (χ2v) is 9.41. The monoisotopic (exact) mass is 547 g/mol. The van der Waals surface area contributed by atoms with E-state index in [4.69, 9.17) is 44.3 Å². The summed E-state index contributed by atoms with van der Waals surface area (Å²) >= 11 is 17.5. The van der Waals surface area contributed by atoms with Gasteiger partial charge in [0.1, 0.15) is 17.0 Å². The molecule has 5 aromatic rings. The molecule has 0 unspecified atom stereocenters. The molecule has 0 radical (unpaired) electrons. The summed E-state index contributed by atoms with van der Waals surface area (Å²) in [4.78, 5) is 16.9. The van der Waals surface area contributed by atoms with Gasteiger partial charge in [0, 0.05) is 32.9 Å². The van der Waals surface area contributed by atoms with Crippen LogP contribution in [0.3, 0.4) is 0 Å². The first kappa shape index (κ1) is 24.8. The summed E-state index contributed by atoms with van der Waals surface area (Å²) in [6, 6.07) is 21.9. The average molecular weight is 548 g/mol. The number of nitrogens with zero attached hydrogens (tertiary/aromatic N) is 1. The van der Waals surface area contributed by atoms with E-state index >= 15 is 0 Å². The zero-order valence-corrected chi connectivity index (χ0v) is 21.7. The molecule has 9 heteroatoms. The number of halogens is 2. The summed E-state index contributed by atoms with van der Waals surface area (Å²) in [6.07, 6.45) is 2.91. The highest BCUT2D eigenvalue weighted by Crippen LogP contribution is 2.28. The number of oxazole rings is 1. The molecule has 37 heavy (non-hydrogen) atoms. The molecule has 0 fully saturated rings. The van der Waals surface area contributed by atoms with Gasteiger partial charge in [-0.25, -0.2) is 4.98 Å². The molecule has 0 aliphatic rings. The van der Waals surface area contributed by atoms with Crippen LogP contribution in [0.2, 0.25) is 10.0 Å². The van der Waals surface area contributed by atoms with Crippen molar-refractivity contribution in [3.63, 3.8) is 0 Å². The Morgan fingerprint density at radius 2 is 1.84 bits per heavy atom. The number of amides is 1. The van der Waals surface area contributed by atoms with Gasteiger partial charge in [-0.3, -0.25) is 10.1 Å². The second kappa shape index (κ2) is 10.6. The minimum absolute atomic E-state index is 0.144. The number of thiocarbonyl (C=S) groups is 1. The van der Waals surface area contributed by atoms with Crippen molar-refractivity contribution in [1.82, 2.24) is 10.3 Å². The zero-order valence-electron chi connectivity index (χ0n) is 19.4. The molecule has 2 N–H and O–H groups in total. The van der Waals surface area contributed by atoms with Crippen molar-refractivity contribution in [2.75, 3.05) is 5.32 Å².